The lowest BCUT2D eigenvalue weighted by Crippen LogP contribution is -2.46. The largest absolute Gasteiger partial charge is 0.396 e. The van der Waals surface area contributed by atoms with Gasteiger partial charge in [0.2, 0.25) is 5.78 Å². The van der Waals surface area contributed by atoms with Crippen molar-refractivity contribution in [1.29, 1.82) is 0 Å². The van der Waals surface area contributed by atoms with Crippen LogP contribution in [0.1, 0.15) is 31.2 Å². The van der Waals surface area contributed by atoms with E-state index in [-0.39, 0.29) is 30.0 Å². The van der Waals surface area contributed by atoms with Gasteiger partial charge in [0.05, 0.1) is 5.02 Å². The zero-order valence-electron chi connectivity index (χ0n) is 12.1. The number of carbonyl (C=O) groups excluding carboxylic acids is 2. The predicted molar refractivity (Wildman–Crippen MR) is 81.1 cm³/mol. The average Bonchev–Trinajstić information content (AvgIpc) is 2.51. The Morgan fingerprint density at radius 1 is 1.32 bits per heavy atom. The molecule has 0 spiro atoms. The van der Waals surface area contributed by atoms with Crippen LogP contribution in [0.15, 0.2) is 18.2 Å². The van der Waals surface area contributed by atoms with Crippen molar-refractivity contribution in [2.45, 2.75) is 38.1 Å². The maximum Gasteiger partial charge on any atom is 0.287 e. The Kier molecular flexibility index (Phi) is 5.91. The minimum atomic E-state index is -0.680. The van der Waals surface area contributed by atoms with Gasteiger partial charge in [0.1, 0.15) is 5.82 Å². The Morgan fingerprint density at radius 3 is 2.73 bits per heavy atom. The summed E-state index contributed by atoms with van der Waals surface area (Å²) in [7, 11) is 0. The SMILES string of the molecule is O=C(Cc1ccc(Cl)c(F)c1)C(=O)NC1CCCCC1CO. The van der Waals surface area contributed by atoms with Gasteiger partial charge < -0.3 is 10.4 Å². The molecule has 0 saturated heterocycles. The normalized spacial score (nSPS) is 21.4. The van der Waals surface area contributed by atoms with Gasteiger partial charge in [-0.05, 0) is 30.5 Å². The van der Waals surface area contributed by atoms with E-state index < -0.39 is 17.5 Å². The average molecular weight is 328 g/mol. The first-order chi connectivity index (χ1) is 10.5. The van der Waals surface area contributed by atoms with Crippen LogP contribution in [0, 0.1) is 11.7 Å². The first kappa shape index (κ1) is 16.9. The Morgan fingerprint density at radius 2 is 2.05 bits per heavy atom. The zero-order valence-corrected chi connectivity index (χ0v) is 12.9. The Labute approximate surface area is 133 Å². The number of hydrogen-bond acceptors (Lipinski definition) is 3. The summed E-state index contributed by atoms with van der Waals surface area (Å²) in [6.45, 7) is 0.00152. The molecule has 1 aliphatic carbocycles. The number of hydrogen-bond donors (Lipinski definition) is 2. The van der Waals surface area contributed by atoms with Gasteiger partial charge in [-0.2, -0.15) is 0 Å². The highest BCUT2D eigenvalue weighted by atomic mass is 35.5. The van der Waals surface area contributed by atoms with Crippen molar-refractivity contribution in [3.8, 4) is 0 Å². The number of amides is 1. The Bertz CT molecular complexity index is 564. The number of ketones is 1. The van der Waals surface area contributed by atoms with Gasteiger partial charge in [-0.25, -0.2) is 4.39 Å². The molecular formula is C16H19ClFNO3. The van der Waals surface area contributed by atoms with Crippen LogP contribution in [0.4, 0.5) is 4.39 Å². The van der Waals surface area contributed by atoms with E-state index in [1.165, 1.54) is 12.1 Å². The number of aliphatic hydroxyl groups is 1. The quantitative estimate of drug-likeness (QED) is 0.815. The molecule has 1 saturated carbocycles. The van der Waals surface area contributed by atoms with Gasteiger partial charge in [0.15, 0.2) is 0 Å². The molecule has 1 aromatic rings. The second kappa shape index (κ2) is 7.70. The predicted octanol–water partition coefficient (Wildman–Crippen LogP) is 2.26. The van der Waals surface area contributed by atoms with E-state index in [2.05, 4.69) is 5.32 Å². The van der Waals surface area contributed by atoms with E-state index in [0.717, 1.165) is 31.7 Å². The highest BCUT2D eigenvalue weighted by Crippen LogP contribution is 2.24. The van der Waals surface area contributed by atoms with E-state index in [9.17, 15) is 19.1 Å². The molecule has 0 aliphatic heterocycles. The van der Waals surface area contributed by atoms with Crippen molar-refractivity contribution in [3.05, 3.63) is 34.6 Å². The fraction of sp³-hybridized carbons (Fsp3) is 0.500. The molecule has 1 fully saturated rings. The summed E-state index contributed by atoms with van der Waals surface area (Å²) < 4.78 is 13.3. The van der Waals surface area contributed by atoms with Gasteiger partial charge in [0.25, 0.3) is 5.91 Å². The summed E-state index contributed by atoms with van der Waals surface area (Å²) in [5, 5.41) is 12.0. The number of aliphatic hydroxyl groups excluding tert-OH is 1. The summed E-state index contributed by atoms with van der Waals surface area (Å²) in [5.74, 6) is -1.91. The van der Waals surface area contributed by atoms with Gasteiger partial charge in [-0.15, -0.1) is 0 Å². The molecule has 2 atom stereocenters. The molecule has 6 heteroatoms. The van der Waals surface area contributed by atoms with E-state index in [1.54, 1.807) is 0 Å². The molecule has 2 rings (SSSR count). The van der Waals surface area contributed by atoms with Gasteiger partial charge in [-0.3, -0.25) is 9.59 Å². The summed E-state index contributed by atoms with van der Waals surface area (Å²) in [6.07, 6.45) is 3.43. The topological polar surface area (TPSA) is 66.4 Å². The molecule has 0 aromatic heterocycles. The second-order valence-corrected chi connectivity index (χ2v) is 6.06. The number of rotatable bonds is 5. The lowest BCUT2D eigenvalue weighted by Gasteiger charge is -2.30. The lowest BCUT2D eigenvalue weighted by molar-refractivity contribution is -0.138. The van der Waals surface area contributed by atoms with Crippen molar-refractivity contribution in [2.24, 2.45) is 5.92 Å². The molecule has 0 radical (unpaired) electrons. The Balaban J connectivity index is 1.94. The molecule has 0 heterocycles. The van der Waals surface area contributed by atoms with Crippen LogP contribution < -0.4 is 5.32 Å². The van der Waals surface area contributed by atoms with Crippen LogP contribution in [0.2, 0.25) is 5.02 Å². The van der Waals surface area contributed by atoms with Crippen LogP contribution >= 0.6 is 11.6 Å². The third kappa shape index (κ3) is 4.27. The van der Waals surface area contributed by atoms with Crippen LogP contribution in [0.5, 0.6) is 0 Å². The molecule has 4 nitrogen and oxygen atoms in total. The second-order valence-electron chi connectivity index (χ2n) is 5.66. The standard InChI is InChI=1S/C16H19ClFNO3/c17-12-6-5-10(7-13(12)18)8-15(21)16(22)19-14-4-2-1-3-11(14)9-20/h5-7,11,14,20H,1-4,8-9H2,(H,19,22). The monoisotopic (exact) mass is 327 g/mol. The van der Waals surface area contributed by atoms with Crippen LogP contribution in [-0.4, -0.2) is 29.4 Å². The highest BCUT2D eigenvalue weighted by molar-refractivity contribution is 6.36. The van der Waals surface area contributed by atoms with E-state index in [0.29, 0.717) is 5.56 Å². The number of nitrogens with one attached hydrogen (secondary N) is 1. The van der Waals surface area contributed by atoms with E-state index in [4.69, 9.17) is 11.6 Å². The third-order valence-corrected chi connectivity index (χ3v) is 4.37. The summed E-state index contributed by atoms with van der Waals surface area (Å²) >= 11 is 5.58. The zero-order chi connectivity index (χ0) is 16.1. The van der Waals surface area contributed by atoms with Crippen molar-refractivity contribution >= 4 is 23.3 Å². The molecule has 120 valence electrons. The molecule has 1 aliphatic rings. The molecule has 22 heavy (non-hydrogen) atoms. The molecule has 1 amide bonds. The lowest BCUT2D eigenvalue weighted by atomic mass is 9.85. The van der Waals surface area contributed by atoms with Crippen molar-refractivity contribution in [3.63, 3.8) is 0 Å². The molecule has 2 N–H and O–H groups in total. The highest BCUT2D eigenvalue weighted by Gasteiger charge is 2.27. The first-order valence-electron chi connectivity index (χ1n) is 7.39. The molecule has 1 aromatic carbocycles. The van der Waals surface area contributed by atoms with Crippen molar-refractivity contribution in [2.75, 3.05) is 6.61 Å². The fourth-order valence-corrected chi connectivity index (χ4v) is 2.90. The summed E-state index contributed by atoms with van der Waals surface area (Å²) in [4.78, 5) is 23.9. The summed E-state index contributed by atoms with van der Waals surface area (Å²) in [5.41, 5.74) is 0.407. The van der Waals surface area contributed by atoms with Gasteiger partial charge in [-0.1, -0.05) is 30.5 Å². The number of Topliss-reactive ketones (excluding diaryl/α,β-unsaturated/α-hetero) is 1. The third-order valence-electron chi connectivity index (χ3n) is 4.06. The molecular weight excluding hydrogens is 309 g/mol. The number of halogens is 2. The summed E-state index contributed by atoms with van der Waals surface area (Å²) in [6, 6.07) is 3.87. The Hall–Kier alpha value is -1.46. The maximum atomic E-state index is 13.3. The van der Waals surface area contributed by atoms with E-state index in [1.807, 2.05) is 0 Å². The van der Waals surface area contributed by atoms with E-state index >= 15 is 0 Å². The van der Waals surface area contributed by atoms with Gasteiger partial charge in [0, 0.05) is 25.0 Å². The first-order valence-corrected chi connectivity index (χ1v) is 7.77. The minimum Gasteiger partial charge on any atom is -0.396 e. The van der Waals surface area contributed by atoms with Crippen molar-refractivity contribution < 1.29 is 19.1 Å². The van der Waals surface area contributed by atoms with Gasteiger partial charge >= 0.3 is 0 Å². The van der Waals surface area contributed by atoms with Crippen LogP contribution in [0.3, 0.4) is 0 Å². The minimum absolute atomic E-state index is 0.00141. The number of benzene rings is 1. The smallest absolute Gasteiger partial charge is 0.287 e. The molecule has 0 bridgehead atoms. The van der Waals surface area contributed by atoms with Crippen molar-refractivity contribution in [1.82, 2.24) is 5.32 Å². The number of carbonyl (C=O) groups is 2. The molecule has 2 unspecified atom stereocenters. The fourth-order valence-electron chi connectivity index (χ4n) is 2.78. The van der Waals surface area contributed by atoms with Crippen LogP contribution in [0.25, 0.3) is 0 Å². The van der Waals surface area contributed by atoms with Crippen LogP contribution in [-0.2, 0) is 16.0 Å². The maximum absolute atomic E-state index is 13.3.